The van der Waals surface area contributed by atoms with Gasteiger partial charge in [0.25, 0.3) is 0 Å². The Kier molecular flexibility index (Phi) is 16.2. The maximum absolute atomic E-state index is 10.6. The Bertz CT molecular complexity index is 655. The molecule has 0 bridgehead atoms. The first-order valence-electron chi connectivity index (χ1n) is 8.42. The SMILES string of the molecule is C=CC(=O)OCCOc1cc[c-]cc1.C=CC(=O)OCCOc1cc[c-]cc1.[Y]. The molecule has 29 heavy (non-hydrogen) atoms. The van der Waals surface area contributed by atoms with Crippen molar-refractivity contribution in [3.8, 4) is 11.5 Å². The Morgan fingerprint density at radius 1 is 0.724 bits per heavy atom. The first-order chi connectivity index (χ1) is 13.7. The van der Waals surface area contributed by atoms with E-state index in [4.69, 9.17) is 18.9 Å². The minimum absolute atomic E-state index is 0. The predicted octanol–water partition coefficient (Wildman–Crippen LogP) is 3.19. The molecule has 151 valence electrons. The second-order valence-electron chi connectivity index (χ2n) is 4.91. The molecule has 6 nitrogen and oxygen atoms in total. The molecule has 0 N–H and O–H groups in total. The molecular formula is C22H22O6Y-2. The van der Waals surface area contributed by atoms with E-state index in [1.165, 1.54) is 0 Å². The summed E-state index contributed by atoms with van der Waals surface area (Å²) in [5.41, 5.74) is 0. The van der Waals surface area contributed by atoms with Gasteiger partial charge in [-0.2, -0.15) is 36.4 Å². The third kappa shape index (κ3) is 14.2. The van der Waals surface area contributed by atoms with Gasteiger partial charge in [0.15, 0.2) is 0 Å². The molecule has 0 fully saturated rings. The molecule has 0 aliphatic rings. The van der Waals surface area contributed by atoms with E-state index in [-0.39, 0.29) is 45.9 Å². The molecule has 0 amide bonds. The number of ether oxygens (including phenoxy) is 4. The van der Waals surface area contributed by atoms with E-state index in [1.54, 1.807) is 48.5 Å². The van der Waals surface area contributed by atoms with E-state index in [1.807, 2.05) is 0 Å². The van der Waals surface area contributed by atoms with E-state index < -0.39 is 11.9 Å². The Balaban J connectivity index is 0.000000523. The average Bonchev–Trinajstić information content (AvgIpc) is 2.76. The van der Waals surface area contributed by atoms with Gasteiger partial charge in [0.1, 0.15) is 26.4 Å². The molecule has 0 spiro atoms. The molecule has 2 rings (SSSR count). The molecule has 0 aromatic heterocycles. The van der Waals surface area contributed by atoms with Gasteiger partial charge in [-0.15, -0.1) is 24.3 Å². The Labute approximate surface area is 196 Å². The molecule has 2 aromatic rings. The molecule has 0 heterocycles. The Morgan fingerprint density at radius 2 is 1.07 bits per heavy atom. The van der Waals surface area contributed by atoms with Crippen LogP contribution in [0.1, 0.15) is 0 Å². The van der Waals surface area contributed by atoms with Crippen LogP contribution in [-0.2, 0) is 51.8 Å². The summed E-state index contributed by atoms with van der Waals surface area (Å²) < 4.78 is 20.0. The number of hydrogen-bond acceptors (Lipinski definition) is 6. The van der Waals surface area contributed by atoms with Crippen molar-refractivity contribution in [2.45, 2.75) is 0 Å². The third-order valence-corrected chi connectivity index (χ3v) is 2.90. The maximum Gasteiger partial charge on any atom is 0.330 e. The minimum Gasteiger partial charge on any atom is -0.515 e. The molecule has 2 aromatic carbocycles. The first-order valence-corrected chi connectivity index (χ1v) is 8.42. The van der Waals surface area contributed by atoms with Gasteiger partial charge < -0.3 is 18.9 Å². The van der Waals surface area contributed by atoms with Crippen molar-refractivity contribution >= 4 is 11.9 Å². The quantitative estimate of drug-likeness (QED) is 0.230. The van der Waals surface area contributed by atoms with Gasteiger partial charge in [-0.3, -0.25) is 0 Å². The van der Waals surface area contributed by atoms with E-state index in [9.17, 15) is 9.59 Å². The Morgan fingerprint density at radius 3 is 1.38 bits per heavy atom. The number of carbonyl (C=O) groups excluding carboxylic acids is 2. The zero-order valence-electron chi connectivity index (χ0n) is 16.0. The minimum atomic E-state index is -0.435. The van der Waals surface area contributed by atoms with E-state index in [2.05, 4.69) is 25.3 Å². The second kappa shape index (κ2) is 17.6. The number of rotatable bonds is 10. The molecule has 0 aliphatic carbocycles. The van der Waals surface area contributed by atoms with E-state index in [0.29, 0.717) is 13.2 Å². The van der Waals surface area contributed by atoms with Crippen LogP contribution >= 0.6 is 0 Å². The zero-order chi connectivity index (χ0) is 20.5. The first kappa shape index (κ1) is 26.6. The standard InChI is InChI=1S/2C11H11O3.Y/c2*1-2-11(12)14-9-8-13-10-6-4-3-5-7-10;/h2*2,4-7H,1,8-9H2;/q2*-1;. The van der Waals surface area contributed by atoms with Crippen LogP contribution in [0.4, 0.5) is 0 Å². The normalized spacial score (nSPS) is 8.83. The topological polar surface area (TPSA) is 71.1 Å². The number of carbonyl (C=O) groups is 2. The van der Waals surface area contributed by atoms with Gasteiger partial charge in [0.2, 0.25) is 0 Å². The van der Waals surface area contributed by atoms with Crippen molar-refractivity contribution < 1.29 is 61.2 Å². The van der Waals surface area contributed by atoms with Gasteiger partial charge in [0.05, 0.1) is 0 Å². The van der Waals surface area contributed by atoms with Crippen molar-refractivity contribution in [3.63, 3.8) is 0 Å². The fourth-order valence-corrected chi connectivity index (χ4v) is 1.66. The van der Waals surface area contributed by atoms with Crippen molar-refractivity contribution in [1.82, 2.24) is 0 Å². The van der Waals surface area contributed by atoms with Crippen LogP contribution in [0.5, 0.6) is 11.5 Å². The number of benzene rings is 2. The molecule has 0 atom stereocenters. The summed E-state index contributed by atoms with van der Waals surface area (Å²) in [6.45, 7) is 7.68. The van der Waals surface area contributed by atoms with Gasteiger partial charge in [0, 0.05) is 56.4 Å². The van der Waals surface area contributed by atoms with Crippen LogP contribution in [-0.4, -0.2) is 38.4 Å². The summed E-state index contributed by atoms with van der Waals surface area (Å²) in [5.74, 6) is 0.599. The predicted molar refractivity (Wildman–Crippen MR) is 104 cm³/mol. The molecule has 0 aliphatic heterocycles. The molecule has 0 unspecified atom stereocenters. The maximum atomic E-state index is 10.6. The summed E-state index contributed by atoms with van der Waals surface area (Å²) >= 11 is 0. The zero-order valence-corrected chi connectivity index (χ0v) is 18.9. The molecule has 1 radical (unpaired) electrons. The van der Waals surface area contributed by atoms with Crippen molar-refractivity contribution in [1.29, 1.82) is 0 Å². The summed E-state index contributed by atoms with van der Waals surface area (Å²) in [4.78, 5) is 21.2. The summed E-state index contributed by atoms with van der Waals surface area (Å²) in [5, 5.41) is 0. The largest absolute Gasteiger partial charge is 0.515 e. The van der Waals surface area contributed by atoms with Crippen LogP contribution in [0.15, 0.2) is 73.8 Å². The van der Waals surface area contributed by atoms with Crippen molar-refractivity contribution in [2.24, 2.45) is 0 Å². The van der Waals surface area contributed by atoms with Crippen LogP contribution < -0.4 is 9.47 Å². The molecule has 7 heteroatoms. The summed E-state index contributed by atoms with van der Waals surface area (Å²) in [7, 11) is 0. The fourth-order valence-electron chi connectivity index (χ4n) is 1.66. The molecular weight excluding hydrogens is 449 g/mol. The van der Waals surface area contributed by atoms with Crippen LogP contribution in [0, 0.1) is 12.1 Å². The van der Waals surface area contributed by atoms with Gasteiger partial charge >= 0.3 is 11.9 Å². The molecule has 0 saturated heterocycles. The van der Waals surface area contributed by atoms with Gasteiger partial charge in [-0.05, 0) is 0 Å². The van der Waals surface area contributed by atoms with Crippen LogP contribution in [0.3, 0.4) is 0 Å². The van der Waals surface area contributed by atoms with Gasteiger partial charge in [-0.1, -0.05) is 13.2 Å². The Hall–Kier alpha value is -2.44. The summed E-state index contributed by atoms with van der Waals surface area (Å²) in [6, 6.07) is 19.9. The monoisotopic (exact) mass is 471 g/mol. The van der Waals surface area contributed by atoms with E-state index in [0.717, 1.165) is 23.7 Å². The van der Waals surface area contributed by atoms with E-state index >= 15 is 0 Å². The number of hydrogen-bond donors (Lipinski definition) is 0. The smallest absolute Gasteiger partial charge is 0.330 e. The third-order valence-electron chi connectivity index (χ3n) is 2.90. The number of esters is 2. The summed E-state index contributed by atoms with van der Waals surface area (Å²) in [6.07, 6.45) is 2.24. The van der Waals surface area contributed by atoms with Crippen LogP contribution in [0.25, 0.3) is 0 Å². The molecule has 0 saturated carbocycles. The fraction of sp³-hybridized carbons (Fsp3) is 0.182. The average molecular weight is 471 g/mol. The van der Waals surface area contributed by atoms with Crippen LogP contribution in [0.2, 0.25) is 0 Å². The second-order valence-corrected chi connectivity index (χ2v) is 4.91. The van der Waals surface area contributed by atoms with Crippen molar-refractivity contribution in [3.05, 3.63) is 86.0 Å². The van der Waals surface area contributed by atoms with Crippen molar-refractivity contribution in [2.75, 3.05) is 26.4 Å². The van der Waals surface area contributed by atoms with Gasteiger partial charge in [-0.25, -0.2) is 9.59 Å².